The molecule has 0 atom stereocenters. The van der Waals surface area contributed by atoms with Crippen LogP contribution in [0.3, 0.4) is 0 Å². The van der Waals surface area contributed by atoms with Gasteiger partial charge in [0.25, 0.3) is 0 Å². The van der Waals surface area contributed by atoms with Gasteiger partial charge in [0.2, 0.25) is 0 Å². The van der Waals surface area contributed by atoms with Crippen LogP contribution in [0.25, 0.3) is 0 Å². The first kappa shape index (κ1) is 11.3. The maximum Gasteiger partial charge on any atom is 0.522 e. The number of carbonyl (C=O) groups is 1. The van der Waals surface area contributed by atoms with E-state index in [1.165, 1.54) is 0 Å². The Balaban J connectivity index is 2.65. The fraction of sp³-hybridized carbons (Fsp3) is 0.300. The molecule has 1 aromatic rings. The van der Waals surface area contributed by atoms with Crippen LogP contribution in [0.5, 0.6) is 5.75 Å². The van der Waals surface area contributed by atoms with E-state index < -0.39 is 13.1 Å². The van der Waals surface area contributed by atoms with Crippen molar-refractivity contribution in [3.05, 3.63) is 27.8 Å². The Morgan fingerprint density at radius 3 is 2.94 bits per heavy atom. The van der Waals surface area contributed by atoms with Gasteiger partial charge in [-0.25, -0.2) is 4.79 Å². The minimum atomic E-state index is -1.09. The van der Waals surface area contributed by atoms with E-state index in [0.29, 0.717) is 23.3 Å². The smallest absolute Gasteiger partial charge is 0.522 e. The van der Waals surface area contributed by atoms with Crippen molar-refractivity contribution in [1.29, 1.82) is 0 Å². The van der Waals surface area contributed by atoms with Crippen LogP contribution >= 0.6 is 11.6 Å². The number of fused-ring (bicyclic) bond motifs is 1. The average molecular weight is 240 g/mol. The number of benzene rings is 1. The summed E-state index contributed by atoms with van der Waals surface area (Å²) in [5.41, 5.74) is 1.24. The first-order valence-corrected chi connectivity index (χ1v) is 5.28. The maximum absolute atomic E-state index is 11.1. The molecule has 2 N–H and O–H groups in total. The van der Waals surface area contributed by atoms with Crippen molar-refractivity contribution in [1.82, 2.24) is 0 Å². The van der Waals surface area contributed by atoms with Gasteiger partial charge in [-0.3, -0.25) is 0 Å². The van der Waals surface area contributed by atoms with Gasteiger partial charge in [0.15, 0.2) is 0 Å². The molecule has 1 aromatic carbocycles. The number of aromatic carboxylic acids is 1. The van der Waals surface area contributed by atoms with Gasteiger partial charge in [-0.05, 0) is 36.9 Å². The highest BCUT2D eigenvalue weighted by Gasteiger charge is 2.29. The average Bonchev–Trinajstić information content (AvgIpc) is 2.20. The van der Waals surface area contributed by atoms with E-state index in [4.69, 9.17) is 21.4 Å². The molecule has 1 heterocycles. The molecule has 0 saturated heterocycles. The molecule has 0 radical (unpaired) electrons. The van der Waals surface area contributed by atoms with Crippen LogP contribution in [0.1, 0.15) is 21.5 Å². The first-order valence-electron chi connectivity index (χ1n) is 4.90. The molecule has 0 aliphatic carbocycles. The van der Waals surface area contributed by atoms with Gasteiger partial charge in [0.1, 0.15) is 11.3 Å². The SMILES string of the molecule is Cc1c(Cl)cc2c(c1C(=O)O)OB(O)CC2. The van der Waals surface area contributed by atoms with Gasteiger partial charge in [-0.15, -0.1) is 0 Å². The van der Waals surface area contributed by atoms with Gasteiger partial charge in [0.05, 0.1) is 0 Å². The van der Waals surface area contributed by atoms with Gasteiger partial charge in [-0.1, -0.05) is 11.6 Å². The number of carboxylic acids is 1. The second-order valence-electron chi connectivity index (χ2n) is 3.76. The van der Waals surface area contributed by atoms with E-state index >= 15 is 0 Å². The van der Waals surface area contributed by atoms with Crippen molar-refractivity contribution in [2.75, 3.05) is 0 Å². The third-order valence-electron chi connectivity index (χ3n) is 2.68. The van der Waals surface area contributed by atoms with Gasteiger partial charge in [-0.2, -0.15) is 0 Å². The van der Waals surface area contributed by atoms with E-state index in [0.717, 1.165) is 5.56 Å². The molecule has 1 aliphatic heterocycles. The molecule has 0 unspecified atom stereocenters. The van der Waals surface area contributed by atoms with Crippen molar-refractivity contribution >= 4 is 24.7 Å². The van der Waals surface area contributed by atoms with Crippen LogP contribution < -0.4 is 4.65 Å². The zero-order valence-electron chi connectivity index (χ0n) is 8.66. The molecule has 0 aromatic heterocycles. The zero-order chi connectivity index (χ0) is 11.9. The maximum atomic E-state index is 11.1. The highest BCUT2D eigenvalue weighted by atomic mass is 35.5. The molecule has 4 nitrogen and oxygen atoms in total. The Bertz CT molecular complexity index is 461. The molecular weight excluding hydrogens is 230 g/mol. The topological polar surface area (TPSA) is 66.8 Å². The van der Waals surface area contributed by atoms with Gasteiger partial charge < -0.3 is 14.8 Å². The number of halogens is 1. The van der Waals surface area contributed by atoms with E-state index in [9.17, 15) is 9.82 Å². The number of carboxylic acid groups (broad SMARTS) is 1. The molecule has 0 amide bonds. The van der Waals surface area contributed by atoms with Crippen LogP contribution in [-0.4, -0.2) is 23.2 Å². The number of rotatable bonds is 1. The number of aryl methyl sites for hydroxylation is 1. The number of hydrogen-bond acceptors (Lipinski definition) is 3. The molecular formula is C10H10BClO4. The lowest BCUT2D eigenvalue weighted by Gasteiger charge is -2.23. The molecule has 84 valence electrons. The Morgan fingerprint density at radius 2 is 2.31 bits per heavy atom. The van der Waals surface area contributed by atoms with Crippen molar-refractivity contribution in [2.45, 2.75) is 19.7 Å². The normalized spacial score (nSPS) is 14.3. The van der Waals surface area contributed by atoms with E-state index in [-0.39, 0.29) is 11.3 Å². The van der Waals surface area contributed by atoms with Crippen molar-refractivity contribution in [3.8, 4) is 5.75 Å². The number of hydrogen-bond donors (Lipinski definition) is 2. The Kier molecular flexibility index (Phi) is 2.82. The predicted octanol–water partition coefficient (Wildman–Crippen LogP) is 1.76. The van der Waals surface area contributed by atoms with E-state index in [1.54, 1.807) is 13.0 Å². The summed E-state index contributed by atoms with van der Waals surface area (Å²) < 4.78 is 5.18. The summed E-state index contributed by atoms with van der Waals surface area (Å²) in [7, 11) is -0.939. The molecule has 1 aliphatic rings. The molecule has 0 saturated carbocycles. The fourth-order valence-electron chi connectivity index (χ4n) is 1.83. The van der Waals surface area contributed by atoms with Crippen LogP contribution in [0.15, 0.2) is 6.07 Å². The van der Waals surface area contributed by atoms with E-state index in [1.807, 2.05) is 0 Å². The lowest BCUT2D eigenvalue weighted by Crippen LogP contribution is -2.28. The standard InChI is InChI=1S/C10H10BClO4/c1-5-7(12)4-6-2-3-11(15)16-9(6)8(5)10(13)14/h4,15H,2-3H2,1H3,(H,13,14). The summed E-state index contributed by atoms with van der Waals surface area (Å²) in [5.74, 6) is -0.849. The molecule has 0 spiro atoms. The first-order chi connectivity index (χ1) is 7.50. The summed E-state index contributed by atoms with van der Waals surface area (Å²) in [6.07, 6.45) is 1.02. The van der Waals surface area contributed by atoms with Gasteiger partial charge in [0, 0.05) is 5.02 Å². The van der Waals surface area contributed by atoms with Gasteiger partial charge >= 0.3 is 13.1 Å². The predicted molar refractivity (Wildman–Crippen MR) is 60.3 cm³/mol. The second kappa shape index (κ2) is 3.99. The minimum Gasteiger partial charge on any atom is -0.535 e. The Labute approximate surface area is 97.9 Å². The summed E-state index contributed by atoms with van der Waals surface area (Å²) in [6.45, 7) is 1.62. The summed E-state index contributed by atoms with van der Waals surface area (Å²) in [6, 6.07) is 1.70. The van der Waals surface area contributed by atoms with Crippen LogP contribution in [0.4, 0.5) is 0 Å². The molecule has 6 heteroatoms. The molecule has 0 bridgehead atoms. The molecule has 2 rings (SSSR count). The lowest BCUT2D eigenvalue weighted by molar-refractivity contribution is 0.0693. The van der Waals surface area contributed by atoms with E-state index in [2.05, 4.69) is 0 Å². The zero-order valence-corrected chi connectivity index (χ0v) is 9.41. The van der Waals surface area contributed by atoms with Crippen LogP contribution in [0.2, 0.25) is 11.3 Å². The quantitative estimate of drug-likeness (QED) is 0.734. The van der Waals surface area contributed by atoms with Crippen LogP contribution in [0, 0.1) is 6.92 Å². The van der Waals surface area contributed by atoms with Crippen molar-refractivity contribution in [2.24, 2.45) is 0 Å². The highest BCUT2D eigenvalue weighted by Crippen LogP contribution is 2.36. The summed E-state index contributed by atoms with van der Waals surface area (Å²) >= 11 is 5.95. The monoisotopic (exact) mass is 240 g/mol. The molecule has 0 fully saturated rings. The highest BCUT2D eigenvalue weighted by molar-refractivity contribution is 6.44. The van der Waals surface area contributed by atoms with Crippen molar-refractivity contribution < 1.29 is 19.6 Å². The van der Waals surface area contributed by atoms with Crippen molar-refractivity contribution in [3.63, 3.8) is 0 Å². The Morgan fingerprint density at radius 1 is 1.62 bits per heavy atom. The van der Waals surface area contributed by atoms with Crippen LogP contribution in [-0.2, 0) is 6.42 Å². The molecule has 16 heavy (non-hydrogen) atoms. The second-order valence-corrected chi connectivity index (χ2v) is 4.17. The Hall–Kier alpha value is -1.20. The lowest BCUT2D eigenvalue weighted by atomic mass is 9.78. The third kappa shape index (κ3) is 1.76. The summed E-state index contributed by atoms with van der Waals surface area (Å²) in [4.78, 5) is 11.1. The third-order valence-corrected chi connectivity index (χ3v) is 3.07. The minimum absolute atomic E-state index is 0.0428. The summed E-state index contributed by atoms with van der Waals surface area (Å²) in [5, 5.41) is 18.9. The largest absolute Gasteiger partial charge is 0.535 e. The fourth-order valence-corrected chi connectivity index (χ4v) is 2.06.